The minimum Gasteiger partial charge on any atom is -0.371 e. The van der Waals surface area contributed by atoms with Crippen LogP contribution in [0.3, 0.4) is 0 Å². The summed E-state index contributed by atoms with van der Waals surface area (Å²) in [4.78, 5) is 20.4. The molecule has 0 saturated carbocycles. The summed E-state index contributed by atoms with van der Waals surface area (Å²) in [5.74, 6) is 0.762. The van der Waals surface area contributed by atoms with E-state index in [1.807, 2.05) is 10.7 Å². The number of fused-ring (bicyclic) bond motifs is 1. The molecule has 3 fully saturated rings. The number of carbonyl (C=O) groups excluding carboxylic acids is 1. The second-order valence-corrected chi connectivity index (χ2v) is 8.73. The van der Waals surface area contributed by atoms with Gasteiger partial charge in [0.25, 0.3) is 5.91 Å². The van der Waals surface area contributed by atoms with Gasteiger partial charge in [-0.1, -0.05) is 0 Å². The maximum absolute atomic E-state index is 13.3. The summed E-state index contributed by atoms with van der Waals surface area (Å²) < 4.78 is 1.85. The van der Waals surface area contributed by atoms with Crippen molar-refractivity contribution in [1.29, 1.82) is 0 Å². The molecule has 2 aromatic heterocycles. The first-order chi connectivity index (χ1) is 13.8. The van der Waals surface area contributed by atoms with Crippen LogP contribution in [-0.4, -0.2) is 71.1 Å². The zero-order valence-corrected chi connectivity index (χ0v) is 16.7. The van der Waals surface area contributed by atoms with Crippen molar-refractivity contribution in [2.75, 3.05) is 50.7 Å². The highest BCUT2D eigenvalue weighted by Gasteiger charge is 2.28. The van der Waals surface area contributed by atoms with E-state index in [0.717, 1.165) is 50.2 Å². The van der Waals surface area contributed by atoms with Crippen LogP contribution in [0.1, 0.15) is 48.9 Å². The van der Waals surface area contributed by atoms with Crippen molar-refractivity contribution in [3.63, 3.8) is 0 Å². The Bertz CT molecular complexity index is 835. The van der Waals surface area contributed by atoms with Crippen molar-refractivity contribution < 1.29 is 4.79 Å². The number of piperidine rings is 1. The number of anilines is 1. The monoisotopic (exact) mass is 381 g/mol. The van der Waals surface area contributed by atoms with E-state index < -0.39 is 0 Å². The Morgan fingerprint density at radius 2 is 1.82 bits per heavy atom. The standard InChI is InChI=1S/C22H31N5O/c28-22(26-12-5-6-18(17-26)16-24-8-1-2-9-24)20-15-23-27-13-7-19(14-21(20)27)25-10-3-4-11-25/h7,13-15,18H,1-6,8-12,16-17H2. The number of hydrogen-bond acceptors (Lipinski definition) is 4. The van der Waals surface area contributed by atoms with Crippen molar-refractivity contribution >= 4 is 17.1 Å². The van der Waals surface area contributed by atoms with Gasteiger partial charge in [-0.25, -0.2) is 4.52 Å². The molecule has 0 radical (unpaired) electrons. The average Bonchev–Trinajstić information content (AvgIpc) is 3.48. The van der Waals surface area contributed by atoms with Gasteiger partial charge in [-0.2, -0.15) is 5.10 Å². The number of aromatic nitrogens is 2. The Kier molecular flexibility index (Phi) is 4.97. The lowest BCUT2D eigenvalue weighted by atomic mass is 9.97. The number of amides is 1. The fraction of sp³-hybridized carbons (Fsp3) is 0.636. The van der Waals surface area contributed by atoms with E-state index in [-0.39, 0.29) is 5.91 Å². The lowest BCUT2D eigenvalue weighted by Crippen LogP contribution is -2.43. The van der Waals surface area contributed by atoms with Gasteiger partial charge in [0.15, 0.2) is 0 Å². The topological polar surface area (TPSA) is 44.1 Å². The molecule has 0 aliphatic carbocycles. The fourth-order valence-corrected chi connectivity index (χ4v) is 5.21. The van der Waals surface area contributed by atoms with Gasteiger partial charge in [0.05, 0.1) is 17.3 Å². The van der Waals surface area contributed by atoms with E-state index in [0.29, 0.717) is 5.92 Å². The molecule has 1 atom stereocenters. The van der Waals surface area contributed by atoms with Crippen molar-refractivity contribution in [1.82, 2.24) is 19.4 Å². The van der Waals surface area contributed by atoms with Gasteiger partial charge in [-0.3, -0.25) is 4.79 Å². The highest BCUT2D eigenvalue weighted by molar-refractivity contribution is 6.01. The molecule has 0 aromatic carbocycles. The maximum Gasteiger partial charge on any atom is 0.257 e. The number of rotatable bonds is 4. The molecule has 1 amide bonds. The number of hydrogen-bond donors (Lipinski definition) is 0. The van der Waals surface area contributed by atoms with Gasteiger partial charge in [0, 0.05) is 44.6 Å². The number of pyridine rings is 1. The Morgan fingerprint density at radius 3 is 2.64 bits per heavy atom. The largest absolute Gasteiger partial charge is 0.371 e. The maximum atomic E-state index is 13.3. The number of likely N-dealkylation sites (tertiary alicyclic amines) is 2. The molecule has 28 heavy (non-hydrogen) atoms. The van der Waals surface area contributed by atoms with Crippen LogP contribution < -0.4 is 4.90 Å². The highest BCUT2D eigenvalue weighted by atomic mass is 16.2. The van der Waals surface area contributed by atoms with Crippen molar-refractivity contribution in [2.24, 2.45) is 5.92 Å². The van der Waals surface area contributed by atoms with Gasteiger partial charge in [-0.15, -0.1) is 0 Å². The van der Waals surface area contributed by atoms with E-state index >= 15 is 0 Å². The minimum absolute atomic E-state index is 0.152. The second kappa shape index (κ2) is 7.74. The normalized spacial score (nSPS) is 23.8. The predicted octanol–water partition coefficient (Wildman–Crippen LogP) is 2.88. The lowest BCUT2D eigenvalue weighted by Gasteiger charge is -2.34. The SMILES string of the molecule is O=C(c1cnn2ccc(N3CCCC3)cc12)N1CCCC(CN2CCCC2)C1. The summed E-state index contributed by atoms with van der Waals surface area (Å²) in [6, 6.07) is 4.27. The molecule has 0 spiro atoms. The molecule has 150 valence electrons. The Labute approximate surface area is 167 Å². The first kappa shape index (κ1) is 18.0. The van der Waals surface area contributed by atoms with Crippen LogP contribution in [0.2, 0.25) is 0 Å². The molecule has 5 heterocycles. The molecule has 6 heteroatoms. The zero-order valence-electron chi connectivity index (χ0n) is 16.7. The molecular weight excluding hydrogens is 350 g/mol. The van der Waals surface area contributed by atoms with Crippen LogP contribution >= 0.6 is 0 Å². The third-order valence-electron chi connectivity index (χ3n) is 6.73. The molecule has 5 rings (SSSR count). The van der Waals surface area contributed by atoms with Crippen LogP contribution in [0.5, 0.6) is 0 Å². The molecule has 6 nitrogen and oxygen atoms in total. The third-order valence-corrected chi connectivity index (χ3v) is 6.73. The summed E-state index contributed by atoms with van der Waals surface area (Å²) in [6.07, 6.45) is 11.3. The first-order valence-electron chi connectivity index (χ1n) is 11.0. The van der Waals surface area contributed by atoms with Gasteiger partial charge in [-0.05, 0) is 69.7 Å². The molecule has 3 aliphatic heterocycles. The quantitative estimate of drug-likeness (QED) is 0.817. The Hall–Kier alpha value is -2.08. The highest BCUT2D eigenvalue weighted by Crippen LogP contribution is 2.26. The molecule has 3 saturated heterocycles. The number of nitrogens with zero attached hydrogens (tertiary/aromatic N) is 5. The Balaban J connectivity index is 1.33. The average molecular weight is 382 g/mol. The molecule has 2 aromatic rings. The van der Waals surface area contributed by atoms with E-state index in [9.17, 15) is 4.79 Å². The summed E-state index contributed by atoms with van der Waals surface area (Å²) in [7, 11) is 0. The van der Waals surface area contributed by atoms with E-state index in [2.05, 4.69) is 31.9 Å². The smallest absolute Gasteiger partial charge is 0.257 e. The van der Waals surface area contributed by atoms with E-state index in [1.54, 1.807) is 6.20 Å². The van der Waals surface area contributed by atoms with Gasteiger partial charge >= 0.3 is 0 Å². The predicted molar refractivity (Wildman–Crippen MR) is 111 cm³/mol. The summed E-state index contributed by atoms with van der Waals surface area (Å²) in [6.45, 7) is 7.60. The number of carbonyl (C=O) groups is 1. The van der Waals surface area contributed by atoms with Crippen LogP contribution in [0.4, 0.5) is 5.69 Å². The third kappa shape index (κ3) is 3.50. The molecular formula is C22H31N5O. The lowest BCUT2D eigenvalue weighted by molar-refractivity contribution is 0.0650. The minimum atomic E-state index is 0.152. The molecule has 0 N–H and O–H groups in total. The zero-order chi connectivity index (χ0) is 18.9. The summed E-state index contributed by atoms with van der Waals surface area (Å²) in [5, 5.41) is 4.45. The van der Waals surface area contributed by atoms with Crippen LogP contribution in [0.15, 0.2) is 24.5 Å². The van der Waals surface area contributed by atoms with Crippen molar-refractivity contribution in [2.45, 2.75) is 38.5 Å². The van der Waals surface area contributed by atoms with Gasteiger partial charge in [0.2, 0.25) is 0 Å². The van der Waals surface area contributed by atoms with Gasteiger partial charge in [0.1, 0.15) is 0 Å². The second-order valence-electron chi connectivity index (χ2n) is 8.73. The van der Waals surface area contributed by atoms with Crippen molar-refractivity contribution in [3.05, 3.63) is 30.1 Å². The van der Waals surface area contributed by atoms with Crippen LogP contribution in [-0.2, 0) is 0 Å². The van der Waals surface area contributed by atoms with Crippen LogP contribution in [0, 0.1) is 5.92 Å². The molecule has 3 aliphatic rings. The van der Waals surface area contributed by atoms with E-state index in [4.69, 9.17) is 0 Å². The Morgan fingerprint density at radius 1 is 1.04 bits per heavy atom. The van der Waals surface area contributed by atoms with E-state index in [1.165, 1.54) is 50.9 Å². The first-order valence-corrected chi connectivity index (χ1v) is 11.0. The van der Waals surface area contributed by atoms with Crippen molar-refractivity contribution in [3.8, 4) is 0 Å². The van der Waals surface area contributed by atoms with Crippen LogP contribution in [0.25, 0.3) is 5.52 Å². The molecule has 1 unspecified atom stereocenters. The molecule has 0 bridgehead atoms. The van der Waals surface area contributed by atoms with Gasteiger partial charge < -0.3 is 14.7 Å². The summed E-state index contributed by atoms with van der Waals surface area (Å²) in [5.41, 5.74) is 2.91. The fourth-order valence-electron chi connectivity index (χ4n) is 5.21. The summed E-state index contributed by atoms with van der Waals surface area (Å²) >= 11 is 0.